The lowest BCUT2D eigenvalue weighted by Crippen LogP contribution is -2.56. The van der Waals surface area contributed by atoms with Crippen LogP contribution in [0.2, 0.25) is 0 Å². The van der Waals surface area contributed by atoms with Gasteiger partial charge in [-0.3, -0.25) is 9.88 Å². The van der Waals surface area contributed by atoms with Crippen molar-refractivity contribution >= 4 is 15.7 Å². The van der Waals surface area contributed by atoms with Crippen LogP contribution in [0.5, 0.6) is 0 Å². The number of pyridine rings is 1. The quantitative estimate of drug-likeness (QED) is 0.901. The van der Waals surface area contributed by atoms with Crippen molar-refractivity contribution in [2.45, 2.75) is 36.7 Å². The van der Waals surface area contributed by atoms with E-state index in [0.29, 0.717) is 18.3 Å². The predicted octanol–water partition coefficient (Wildman–Crippen LogP) is 0.980. The normalized spacial score (nSPS) is 27.5. The van der Waals surface area contributed by atoms with Crippen LogP contribution in [-0.2, 0) is 10.0 Å². The van der Waals surface area contributed by atoms with Gasteiger partial charge in [0.25, 0.3) is 0 Å². The van der Waals surface area contributed by atoms with Gasteiger partial charge in [-0.1, -0.05) is 0 Å². The Morgan fingerprint density at radius 2 is 2.19 bits per heavy atom. The second-order valence-corrected chi connectivity index (χ2v) is 7.70. The molecule has 3 rings (SSSR count). The number of piperazine rings is 1. The Kier molecular flexibility index (Phi) is 3.90. The molecule has 0 saturated carbocycles. The number of anilines is 1. The molecular formula is C14H22N4O2S. The zero-order chi connectivity index (χ0) is 15.0. The van der Waals surface area contributed by atoms with Crippen molar-refractivity contribution in [3.63, 3.8) is 0 Å². The van der Waals surface area contributed by atoms with Crippen molar-refractivity contribution in [1.82, 2.24) is 14.2 Å². The minimum Gasteiger partial charge on any atom is -0.387 e. The van der Waals surface area contributed by atoms with E-state index in [4.69, 9.17) is 0 Å². The number of rotatable bonds is 3. The van der Waals surface area contributed by atoms with E-state index >= 15 is 0 Å². The summed E-state index contributed by atoms with van der Waals surface area (Å²) in [5.74, 6) is 0. The van der Waals surface area contributed by atoms with Gasteiger partial charge in [0, 0.05) is 44.6 Å². The third-order valence-electron chi connectivity index (χ3n) is 4.52. The maximum atomic E-state index is 13.0. The van der Waals surface area contributed by atoms with Gasteiger partial charge >= 0.3 is 0 Å². The van der Waals surface area contributed by atoms with Gasteiger partial charge in [-0.05, 0) is 32.4 Å². The highest BCUT2D eigenvalue weighted by molar-refractivity contribution is 7.89. The zero-order valence-electron chi connectivity index (χ0n) is 12.5. The molecule has 21 heavy (non-hydrogen) atoms. The van der Waals surface area contributed by atoms with Crippen LogP contribution in [0.4, 0.5) is 5.69 Å². The zero-order valence-corrected chi connectivity index (χ0v) is 13.3. The van der Waals surface area contributed by atoms with Gasteiger partial charge in [-0.2, -0.15) is 4.31 Å². The monoisotopic (exact) mass is 310 g/mol. The third-order valence-corrected chi connectivity index (χ3v) is 6.53. The highest BCUT2D eigenvalue weighted by Crippen LogP contribution is 2.31. The van der Waals surface area contributed by atoms with E-state index in [1.165, 1.54) is 12.6 Å². The summed E-state index contributed by atoms with van der Waals surface area (Å²) in [6.07, 6.45) is 5.29. The van der Waals surface area contributed by atoms with Crippen LogP contribution in [0.1, 0.15) is 19.8 Å². The lowest BCUT2D eigenvalue weighted by molar-refractivity contribution is 0.117. The van der Waals surface area contributed by atoms with Gasteiger partial charge in [0.05, 0.1) is 5.69 Å². The maximum absolute atomic E-state index is 13.0. The number of aromatic nitrogens is 1. The molecule has 0 radical (unpaired) electrons. The topological polar surface area (TPSA) is 65.5 Å². The first-order valence-electron chi connectivity index (χ1n) is 7.41. The molecule has 0 amide bonds. The molecule has 2 atom stereocenters. The van der Waals surface area contributed by atoms with Crippen molar-refractivity contribution in [3.05, 3.63) is 18.5 Å². The largest absolute Gasteiger partial charge is 0.387 e. The fourth-order valence-corrected chi connectivity index (χ4v) is 5.22. The lowest BCUT2D eigenvalue weighted by Gasteiger charge is -2.41. The number of hydrogen-bond donors (Lipinski definition) is 1. The average Bonchev–Trinajstić information content (AvgIpc) is 2.93. The summed E-state index contributed by atoms with van der Waals surface area (Å²) < 4.78 is 27.6. The average molecular weight is 310 g/mol. The first-order valence-corrected chi connectivity index (χ1v) is 8.85. The Morgan fingerprint density at radius 1 is 1.38 bits per heavy atom. The van der Waals surface area contributed by atoms with Gasteiger partial charge in [-0.25, -0.2) is 8.42 Å². The molecule has 0 aromatic carbocycles. The number of nitrogens with one attached hydrogen (secondary N) is 1. The fraction of sp³-hybridized carbons (Fsp3) is 0.643. The highest BCUT2D eigenvalue weighted by Gasteiger charge is 2.40. The van der Waals surface area contributed by atoms with Crippen molar-refractivity contribution < 1.29 is 8.42 Å². The van der Waals surface area contributed by atoms with E-state index in [1.54, 1.807) is 23.6 Å². The van der Waals surface area contributed by atoms with Crippen molar-refractivity contribution in [2.75, 3.05) is 32.0 Å². The first-order chi connectivity index (χ1) is 10.0. The van der Waals surface area contributed by atoms with Crippen LogP contribution >= 0.6 is 0 Å². The standard InChI is InChI=1S/C14H22N4O2S/c1-11-9-17-7-3-4-12(17)10-18(11)21(19,20)14-8-16-6-5-13(14)15-2/h5-6,8,11-12H,3-4,7,9-10H2,1-2H3,(H,15,16). The number of sulfonamides is 1. The second-order valence-electron chi connectivity index (χ2n) is 5.84. The molecule has 0 bridgehead atoms. The molecule has 3 heterocycles. The van der Waals surface area contributed by atoms with Gasteiger partial charge in [0.2, 0.25) is 10.0 Å². The molecule has 0 aliphatic carbocycles. The number of nitrogens with zero attached hydrogens (tertiary/aromatic N) is 3. The molecule has 2 aliphatic rings. The predicted molar refractivity (Wildman–Crippen MR) is 81.7 cm³/mol. The van der Waals surface area contributed by atoms with Crippen LogP contribution in [-0.4, -0.2) is 61.4 Å². The Bertz CT molecular complexity index is 619. The third kappa shape index (κ3) is 2.54. The van der Waals surface area contributed by atoms with E-state index in [0.717, 1.165) is 19.5 Å². The second kappa shape index (κ2) is 5.55. The smallest absolute Gasteiger partial charge is 0.247 e. The number of hydrogen-bond acceptors (Lipinski definition) is 5. The van der Waals surface area contributed by atoms with Crippen molar-refractivity contribution in [3.8, 4) is 0 Å². The summed E-state index contributed by atoms with van der Waals surface area (Å²) in [5, 5.41) is 2.95. The SMILES string of the molecule is CNc1ccncc1S(=O)(=O)N1CC2CCCN2CC1C. The summed E-state index contributed by atoms with van der Waals surface area (Å²) in [6.45, 7) is 4.49. The molecule has 1 aromatic rings. The molecular weight excluding hydrogens is 288 g/mol. The van der Waals surface area contributed by atoms with E-state index in [1.807, 2.05) is 6.92 Å². The molecule has 2 aliphatic heterocycles. The molecule has 116 valence electrons. The van der Waals surface area contributed by atoms with Crippen molar-refractivity contribution in [1.29, 1.82) is 0 Å². The molecule has 6 nitrogen and oxygen atoms in total. The van der Waals surface area contributed by atoms with E-state index in [-0.39, 0.29) is 10.9 Å². The van der Waals surface area contributed by atoms with E-state index in [2.05, 4.69) is 15.2 Å². The van der Waals surface area contributed by atoms with Gasteiger partial charge < -0.3 is 5.32 Å². The van der Waals surface area contributed by atoms with Gasteiger partial charge in [0.15, 0.2) is 0 Å². The van der Waals surface area contributed by atoms with E-state index < -0.39 is 10.0 Å². The summed E-state index contributed by atoms with van der Waals surface area (Å²) in [4.78, 5) is 6.67. The van der Waals surface area contributed by atoms with Gasteiger partial charge in [0.1, 0.15) is 4.90 Å². The molecule has 7 heteroatoms. The minimum atomic E-state index is -3.51. The Balaban J connectivity index is 1.94. The minimum absolute atomic E-state index is 0.00531. The lowest BCUT2D eigenvalue weighted by atomic mass is 10.1. The summed E-state index contributed by atoms with van der Waals surface area (Å²) in [5.41, 5.74) is 0.603. The summed E-state index contributed by atoms with van der Waals surface area (Å²) >= 11 is 0. The van der Waals surface area contributed by atoms with Crippen LogP contribution in [0.25, 0.3) is 0 Å². The fourth-order valence-electron chi connectivity index (χ4n) is 3.41. The maximum Gasteiger partial charge on any atom is 0.247 e. The van der Waals surface area contributed by atoms with Crippen LogP contribution in [0.3, 0.4) is 0 Å². The molecule has 0 spiro atoms. The Morgan fingerprint density at radius 3 is 2.95 bits per heavy atom. The first kappa shape index (κ1) is 14.7. The summed E-state index contributed by atoms with van der Waals surface area (Å²) in [7, 11) is -1.78. The van der Waals surface area contributed by atoms with E-state index in [9.17, 15) is 8.42 Å². The Hall–Kier alpha value is -1.18. The molecule has 2 unspecified atom stereocenters. The van der Waals surface area contributed by atoms with Crippen LogP contribution in [0.15, 0.2) is 23.4 Å². The molecule has 2 saturated heterocycles. The Labute approximate surface area is 126 Å². The molecule has 1 N–H and O–H groups in total. The van der Waals surface area contributed by atoms with Crippen LogP contribution < -0.4 is 5.32 Å². The van der Waals surface area contributed by atoms with Crippen LogP contribution in [0, 0.1) is 0 Å². The molecule has 1 aromatic heterocycles. The molecule has 2 fully saturated rings. The van der Waals surface area contributed by atoms with Crippen molar-refractivity contribution in [2.24, 2.45) is 0 Å². The van der Waals surface area contributed by atoms with Gasteiger partial charge in [-0.15, -0.1) is 0 Å². The summed E-state index contributed by atoms with van der Waals surface area (Å²) in [6, 6.07) is 2.06. The number of fused-ring (bicyclic) bond motifs is 1. The highest BCUT2D eigenvalue weighted by atomic mass is 32.2.